The van der Waals surface area contributed by atoms with Gasteiger partial charge in [0.05, 0.1) is 6.04 Å². The number of primary amides is 1. The van der Waals surface area contributed by atoms with Crippen molar-refractivity contribution >= 4 is 41.5 Å². The van der Waals surface area contributed by atoms with Gasteiger partial charge in [-0.15, -0.1) is 0 Å². The van der Waals surface area contributed by atoms with Crippen LogP contribution in [0.2, 0.25) is 0 Å². The van der Waals surface area contributed by atoms with E-state index in [0.29, 0.717) is 45.2 Å². The van der Waals surface area contributed by atoms with Crippen molar-refractivity contribution in [3.63, 3.8) is 0 Å². The van der Waals surface area contributed by atoms with Crippen molar-refractivity contribution in [3.8, 4) is 0 Å². The smallest absolute Gasteiger partial charge is 0.300 e. The van der Waals surface area contributed by atoms with Crippen LogP contribution in [-0.4, -0.2) is 94.8 Å². The number of hydrogen-bond donors (Lipinski definition) is 8. The minimum Gasteiger partial charge on any atom is -0.481 e. The van der Waals surface area contributed by atoms with E-state index in [2.05, 4.69) is 20.9 Å². The van der Waals surface area contributed by atoms with Crippen molar-refractivity contribution in [2.45, 2.75) is 104 Å². The third kappa shape index (κ3) is 14.2. The third-order valence-corrected chi connectivity index (χ3v) is 6.95. The maximum absolute atomic E-state index is 13.5. The molecule has 1 saturated heterocycles. The van der Waals surface area contributed by atoms with E-state index in [1.807, 2.05) is 13.8 Å². The summed E-state index contributed by atoms with van der Waals surface area (Å²) in [7, 11) is 0. The largest absolute Gasteiger partial charge is 0.481 e. The van der Waals surface area contributed by atoms with Crippen LogP contribution in [0.3, 0.4) is 0 Å². The number of guanidine groups is 1. The van der Waals surface area contributed by atoms with E-state index in [-0.39, 0.29) is 17.8 Å². The molecule has 16 heteroatoms. The van der Waals surface area contributed by atoms with Crippen LogP contribution in [0.1, 0.15) is 73.6 Å². The third-order valence-electron chi connectivity index (χ3n) is 6.95. The number of nitrogens with one attached hydrogen (secondary N) is 3. The second kappa shape index (κ2) is 19.3. The molecule has 1 aliphatic heterocycles. The number of rotatable bonds is 15. The van der Waals surface area contributed by atoms with Crippen LogP contribution in [0.25, 0.3) is 0 Å². The molecule has 0 spiro atoms. The quantitative estimate of drug-likeness (QED) is 0.0577. The average Bonchev–Trinajstić information content (AvgIpc) is 3.41. The normalized spacial score (nSPS) is 17.7. The molecular weight excluding hydrogens is 562 g/mol. The first-order valence-corrected chi connectivity index (χ1v) is 14.5. The zero-order valence-corrected chi connectivity index (χ0v) is 26.1. The van der Waals surface area contributed by atoms with Crippen LogP contribution < -0.4 is 38.9 Å². The van der Waals surface area contributed by atoms with Crippen molar-refractivity contribution in [2.24, 2.45) is 39.8 Å². The van der Waals surface area contributed by atoms with E-state index in [1.165, 1.54) is 11.8 Å². The average molecular weight is 614 g/mol. The zero-order valence-electron chi connectivity index (χ0n) is 26.1. The maximum Gasteiger partial charge on any atom is 0.300 e. The van der Waals surface area contributed by atoms with Crippen LogP contribution in [-0.2, 0) is 28.8 Å². The molecule has 0 aromatic heterocycles. The molecule has 1 fully saturated rings. The molecule has 246 valence electrons. The Morgan fingerprint density at radius 1 is 0.953 bits per heavy atom. The number of likely N-dealkylation sites (tertiary alicyclic amines) is 1. The number of carboxylic acids is 1. The zero-order chi connectivity index (χ0) is 33.4. The molecular formula is C27H51N9O7. The summed E-state index contributed by atoms with van der Waals surface area (Å²) in [6, 6.07) is -4.38. The number of amides is 5. The molecule has 43 heavy (non-hydrogen) atoms. The van der Waals surface area contributed by atoms with Crippen LogP contribution in [0.5, 0.6) is 0 Å². The van der Waals surface area contributed by atoms with E-state index < -0.39 is 65.7 Å². The lowest BCUT2D eigenvalue weighted by molar-refractivity contribution is -0.143. The number of carboxylic acid groups (broad SMARTS) is 1. The van der Waals surface area contributed by atoms with Crippen molar-refractivity contribution in [3.05, 3.63) is 0 Å². The number of aliphatic imine (C=N–C) groups is 1. The first kappa shape index (κ1) is 39.0. The Morgan fingerprint density at radius 2 is 1.51 bits per heavy atom. The first-order valence-electron chi connectivity index (χ1n) is 14.5. The summed E-state index contributed by atoms with van der Waals surface area (Å²) >= 11 is 0. The van der Waals surface area contributed by atoms with Crippen LogP contribution in [0, 0.1) is 11.8 Å². The van der Waals surface area contributed by atoms with Crippen LogP contribution in [0.4, 0.5) is 0 Å². The standard InChI is InChI=1S/C25H47N9O5.C2H4O2/c1-6-14(4)19(33-21(36)16(26)9-7-11-30-25(28)29)23(38)32-18(13(2)3)24(39)34-12-8-10-17(34)22(37)31-15(5)20(27)35;1-2(3)4/h13-19H,6-12,26H2,1-5H3,(H2,27,35)(H,31,37)(H,32,38)(H,33,36)(H4,28,29,30);1H3,(H,3,4). The van der Waals surface area contributed by atoms with E-state index in [0.717, 1.165) is 6.92 Å². The van der Waals surface area contributed by atoms with Crippen molar-refractivity contribution in [2.75, 3.05) is 13.1 Å². The van der Waals surface area contributed by atoms with Gasteiger partial charge >= 0.3 is 0 Å². The van der Waals surface area contributed by atoms with E-state index in [4.69, 9.17) is 32.8 Å². The van der Waals surface area contributed by atoms with Gasteiger partial charge in [0.1, 0.15) is 24.2 Å². The molecule has 1 heterocycles. The maximum atomic E-state index is 13.5. The van der Waals surface area contributed by atoms with Gasteiger partial charge in [0.2, 0.25) is 29.5 Å². The fraction of sp³-hybridized carbons (Fsp3) is 0.741. The molecule has 5 amide bonds. The minimum absolute atomic E-state index is 0.0446. The molecule has 1 rings (SSSR count). The summed E-state index contributed by atoms with van der Waals surface area (Å²) in [5.74, 6) is -4.00. The molecule has 16 nitrogen and oxygen atoms in total. The predicted molar refractivity (Wildman–Crippen MR) is 161 cm³/mol. The van der Waals surface area contributed by atoms with Crippen molar-refractivity contribution < 1.29 is 33.9 Å². The Bertz CT molecular complexity index is 997. The van der Waals surface area contributed by atoms with Gasteiger partial charge < -0.3 is 48.9 Å². The SMILES string of the molecule is CC(=O)O.CCC(C)C(NC(=O)C(N)CCCN=C(N)N)C(=O)NC(C(=O)N1CCCC1C(=O)NC(C)C(N)=O)C(C)C. The topological polar surface area (TPSA) is 278 Å². The predicted octanol–water partition coefficient (Wildman–Crippen LogP) is -1.89. The number of hydrogen-bond acceptors (Lipinski definition) is 8. The second-order valence-electron chi connectivity index (χ2n) is 11.0. The lowest BCUT2D eigenvalue weighted by Crippen LogP contribution is -2.60. The van der Waals surface area contributed by atoms with Gasteiger partial charge in [-0.3, -0.25) is 33.8 Å². The molecule has 0 aromatic rings. The lowest BCUT2D eigenvalue weighted by Gasteiger charge is -2.32. The van der Waals surface area contributed by atoms with Gasteiger partial charge in [0, 0.05) is 20.0 Å². The highest BCUT2D eigenvalue weighted by atomic mass is 16.4. The van der Waals surface area contributed by atoms with Gasteiger partial charge in [-0.1, -0.05) is 34.1 Å². The Labute approximate surface area is 253 Å². The Balaban J connectivity index is 0.00000413. The molecule has 6 atom stereocenters. The summed E-state index contributed by atoms with van der Waals surface area (Å²) in [5.41, 5.74) is 21.9. The minimum atomic E-state index is -0.934. The second-order valence-corrected chi connectivity index (χ2v) is 11.0. The summed E-state index contributed by atoms with van der Waals surface area (Å²) in [5, 5.41) is 15.5. The Morgan fingerprint density at radius 3 is 2.00 bits per heavy atom. The molecule has 6 unspecified atom stereocenters. The molecule has 0 aromatic carbocycles. The van der Waals surface area contributed by atoms with Gasteiger partial charge in [-0.2, -0.15) is 0 Å². The number of carbonyl (C=O) groups is 6. The highest BCUT2D eigenvalue weighted by molar-refractivity contribution is 5.96. The highest BCUT2D eigenvalue weighted by Crippen LogP contribution is 2.21. The molecule has 0 aliphatic carbocycles. The highest BCUT2D eigenvalue weighted by Gasteiger charge is 2.40. The van der Waals surface area contributed by atoms with Gasteiger partial charge in [-0.25, -0.2) is 0 Å². The summed E-state index contributed by atoms with van der Waals surface area (Å²) < 4.78 is 0. The fourth-order valence-corrected chi connectivity index (χ4v) is 4.23. The van der Waals surface area contributed by atoms with Gasteiger partial charge in [0.25, 0.3) is 5.97 Å². The van der Waals surface area contributed by atoms with Gasteiger partial charge in [-0.05, 0) is 44.4 Å². The first-order chi connectivity index (χ1) is 19.9. The van der Waals surface area contributed by atoms with Crippen LogP contribution in [0.15, 0.2) is 4.99 Å². The number of carbonyl (C=O) groups excluding carboxylic acids is 5. The number of nitrogens with two attached hydrogens (primary N) is 4. The number of nitrogens with zero attached hydrogens (tertiary/aromatic N) is 2. The molecule has 0 radical (unpaired) electrons. The van der Waals surface area contributed by atoms with Crippen LogP contribution >= 0.6 is 0 Å². The Kier molecular flexibility index (Phi) is 17.5. The van der Waals surface area contributed by atoms with Gasteiger partial charge in [0.15, 0.2) is 5.96 Å². The van der Waals surface area contributed by atoms with Crippen molar-refractivity contribution in [1.82, 2.24) is 20.9 Å². The van der Waals surface area contributed by atoms with Crippen molar-refractivity contribution in [1.29, 1.82) is 0 Å². The number of aliphatic carboxylic acids is 1. The molecule has 0 bridgehead atoms. The fourth-order valence-electron chi connectivity index (χ4n) is 4.23. The van der Waals surface area contributed by atoms with E-state index in [9.17, 15) is 24.0 Å². The summed E-state index contributed by atoms with van der Waals surface area (Å²) in [6.45, 7) is 10.5. The molecule has 1 aliphatic rings. The molecule has 0 saturated carbocycles. The monoisotopic (exact) mass is 613 g/mol. The van der Waals surface area contributed by atoms with E-state index >= 15 is 0 Å². The van der Waals surface area contributed by atoms with E-state index in [1.54, 1.807) is 13.8 Å². The summed E-state index contributed by atoms with van der Waals surface area (Å²) in [4.78, 5) is 78.1. The lowest BCUT2D eigenvalue weighted by atomic mass is 9.95. The summed E-state index contributed by atoms with van der Waals surface area (Å²) in [6.07, 6.45) is 2.41. The molecule has 12 N–H and O–H groups in total. The Hall–Kier alpha value is -3.95.